The summed E-state index contributed by atoms with van der Waals surface area (Å²) < 4.78 is 47.6. The third kappa shape index (κ3) is 7.21. The van der Waals surface area contributed by atoms with Crippen molar-refractivity contribution in [2.24, 2.45) is 16.7 Å². The maximum atomic E-state index is 14.3. The maximum Gasteiger partial charge on any atom is 0.345 e. The average molecular weight is 773 g/mol. The fourth-order valence-corrected chi connectivity index (χ4v) is 9.32. The van der Waals surface area contributed by atoms with Crippen molar-refractivity contribution in [3.63, 3.8) is 0 Å². The zero-order valence-electron chi connectivity index (χ0n) is 32.3. The van der Waals surface area contributed by atoms with Crippen molar-refractivity contribution in [1.82, 2.24) is 0 Å². The largest absolute Gasteiger partial charge is 0.462 e. The highest BCUT2D eigenvalue weighted by Crippen LogP contribution is 2.66. The molecule has 0 unspecified atom stereocenters. The number of carbonyl (C=O) groups is 7. The fraction of sp³-hybridized carbons (Fsp3) is 0.615. The lowest BCUT2D eigenvalue weighted by Crippen LogP contribution is -2.83. The molecule has 4 aliphatic rings. The Balaban J connectivity index is 1.94. The second-order valence-corrected chi connectivity index (χ2v) is 15.4. The SMILES string of the molecule is CC(=O)OCC(=O)O[C@@H]1C2=C(C)[C@@H](OC(C)=O)C[C@@](O)([C@@H](OC(=O)c3ccccc3)[C@@H]3[C@]4(OC(C)=O)CO[C@@H]4C[C@H](OC(C)=O)[C@@]3(C)[C@H]1OC(C)=O)C2(C)C. The van der Waals surface area contributed by atoms with Crippen LogP contribution in [0.4, 0.5) is 0 Å². The number of fused-ring (bicyclic) bond motifs is 5. The van der Waals surface area contributed by atoms with Crippen LogP contribution in [0.5, 0.6) is 0 Å². The zero-order chi connectivity index (χ0) is 40.8. The summed E-state index contributed by atoms with van der Waals surface area (Å²) in [6.45, 7) is 10.9. The molecule has 300 valence electrons. The molecule has 1 N–H and O–H groups in total. The number of rotatable bonds is 9. The molecule has 2 saturated carbocycles. The predicted octanol–water partition coefficient (Wildman–Crippen LogP) is 2.70. The molecule has 5 rings (SSSR count). The van der Waals surface area contributed by atoms with Gasteiger partial charge in [-0.15, -0.1) is 0 Å². The topological polar surface area (TPSA) is 214 Å². The van der Waals surface area contributed by atoms with E-state index in [4.69, 9.17) is 37.9 Å². The Bertz CT molecular complexity index is 1780. The van der Waals surface area contributed by atoms with Crippen LogP contribution in [0.15, 0.2) is 41.5 Å². The van der Waals surface area contributed by atoms with E-state index in [2.05, 4.69) is 0 Å². The van der Waals surface area contributed by atoms with Gasteiger partial charge in [0.2, 0.25) is 0 Å². The fourth-order valence-electron chi connectivity index (χ4n) is 9.32. The lowest BCUT2D eigenvalue weighted by Gasteiger charge is -2.69. The summed E-state index contributed by atoms with van der Waals surface area (Å²) in [6.07, 6.45) is -9.13. The van der Waals surface area contributed by atoms with E-state index in [-0.39, 0.29) is 30.6 Å². The van der Waals surface area contributed by atoms with Gasteiger partial charge in [0.25, 0.3) is 0 Å². The number of hydrogen-bond acceptors (Lipinski definition) is 16. The molecule has 1 aromatic rings. The van der Waals surface area contributed by atoms with Gasteiger partial charge in [-0.05, 0) is 30.2 Å². The van der Waals surface area contributed by atoms with Crippen molar-refractivity contribution >= 4 is 41.8 Å². The number of hydrogen-bond donors (Lipinski definition) is 1. The second kappa shape index (κ2) is 15.0. The van der Waals surface area contributed by atoms with E-state index < -0.39 is 113 Å². The Morgan fingerprint density at radius 2 is 1.40 bits per heavy atom. The van der Waals surface area contributed by atoms with Crippen molar-refractivity contribution in [1.29, 1.82) is 0 Å². The van der Waals surface area contributed by atoms with Crippen LogP contribution in [0, 0.1) is 16.7 Å². The molecule has 55 heavy (non-hydrogen) atoms. The third-order valence-electron chi connectivity index (χ3n) is 11.6. The monoisotopic (exact) mass is 772 g/mol. The Hall–Kier alpha value is -4.83. The highest BCUT2D eigenvalue weighted by atomic mass is 16.6. The molecule has 0 radical (unpaired) electrons. The highest BCUT2D eigenvalue weighted by molar-refractivity contribution is 5.89. The number of aliphatic hydroxyl groups is 1. The van der Waals surface area contributed by atoms with Gasteiger partial charge in [-0.1, -0.05) is 39.0 Å². The molecular formula is C39H48O16. The first-order chi connectivity index (χ1) is 25.6. The van der Waals surface area contributed by atoms with Crippen LogP contribution < -0.4 is 0 Å². The molecule has 0 aromatic heterocycles. The summed E-state index contributed by atoms with van der Waals surface area (Å²) in [5.74, 6) is -7.38. The average Bonchev–Trinajstić information content (AvgIpc) is 3.07. The Kier molecular flexibility index (Phi) is 11.3. The van der Waals surface area contributed by atoms with Gasteiger partial charge < -0.3 is 43.0 Å². The summed E-state index contributed by atoms with van der Waals surface area (Å²) >= 11 is 0. The van der Waals surface area contributed by atoms with Crippen LogP contribution in [0.25, 0.3) is 0 Å². The Morgan fingerprint density at radius 1 is 0.782 bits per heavy atom. The van der Waals surface area contributed by atoms with Crippen molar-refractivity contribution in [3.05, 3.63) is 47.0 Å². The molecule has 0 amide bonds. The smallest absolute Gasteiger partial charge is 0.345 e. The maximum absolute atomic E-state index is 14.3. The number of benzene rings is 1. The number of esters is 7. The Labute approximate surface area is 318 Å². The molecule has 1 saturated heterocycles. The molecule has 1 heterocycles. The van der Waals surface area contributed by atoms with E-state index in [0.29, 0.717) is 5.57 Å². The molecule has 3 aliphatic carbocycles. The van der Waals surface area contributed by atoms with Crippen LogP contribution in [0.2, 0.25) is 0 Å². The lowest BCUT2D eigenvalue weighted by molar-refractivity contribution is -0.365. The number of ether oxygens (including phenoxy) is 8. The van der Waals surface area contributed by atoms with Crippen molar-refractivity contribution in [2.75, 3.05) is 13.2 Å². The minimum absolute atomic E-state index is 0.0936. The summed E-state index contributed by atoms with van der Waals surface area (Å²) in [7, 11) is 0. The van der Waals surface area contributed by atoms with Crippen LogP contribution in [-0.4, -0.2) is 108 Å². The first kappa shape index (κ1) is 41.3. The van der Waals surface area contributed by atoms with E-state index in [1.54, 1.807) is 45.9 Å². The highest BCUT2D eigenvalue weighted by Gasteiger charge is 2.79. The van der Waals surface area contributed by atoms with Crippen LogP contribution in [-0.2, 0) is 66.7 Å². The summed E-state index contributed by atoms with van der Waals surface area (Å²) in [5.41, 5.74) is -6.98. The van der Waals surface area contributed by atoms with Gasteiger partial charge in [0.1, 0.15) is 30.0 Å². The molecule has 16 nitrogen and oxygen atoms in total. The summed E-state index contributed by atoms with van der Waals surface area (Å²) in [6, 6.07) is 7.90. The normalized spacial score (nSPS) is 34.4. The van der Waals surface area contributed by atoms with E-state index in [1.165, 1.54) is 12.1 Å². The standard InChI is InChI=1S/C39H48O16/c1-19-26(50-21(3)41)16-39(47)34(54-35(46)25-13-11-10-12-14-25)32-37(9,27(51-22(4)42)15-28-38(32,18-49-28)55-24(6)44)33(52-23(5)43)31(30(19)36(39,7)8)53-29(45)17-48-20(2)40/h10-14,26-28,31-34,47H,15-18H2,1-9H3/t26-,27-,28+,31+,32-,33-,34-,37+,38-,39+/m0/s1. The van der Waals surface area contributed by atoms with Gasteiger partial charge in [0.05, 0.1) is 23.5 Å². The van der Waals surface area contributed by atoms with Crippen molar-refractivity contribution in [2.45, 2.75) is 123 Å². The van der Waals surface area contributed by atoms with E-state index in [9.17, 15) is 38.7 Å². The minimum Gasteiger partial charge on any atom is -0.462 e. The van der Waals surface area contributed by atoms with Gasteiger partial charge in [-0.3, -0.25) is 24.0 Å². The van der Waals surface area contributed by atoms with Gasteiger partial charge in [0, 0.05) is 52.9 Å². The predicted molar refractivity (Wildman–Crippen MR) is 185 cm³/mol. The summed E-state index contributed by atoms with van der Waals surface area (Å²) in [4.78, 5) is 91.5. The molecule has 0 spiro atoms. The first-order valence-corrected chi connectivity index (χ1v) is 17.9. The molecule has 2 bridgehead atoms. The quantitative estimate of drug-likeness (QED) is 0.217. The van der Waals surface area contributed by atoms with Crippen LogP contribution in [0.3, 0.4) is 0 Å². The lowest BCUT2D eigenvalue weighted by atomic mass is 9.44. The van der Waals surface area contributed by atoms with Gasteiger partial charge >= 0.3 is 41.8 Å². The van der Waals surface area contributed by atoms with Gasteiger partial charge in [0.15, 0.2) is 24.4 Å². The molecule has 16 heteroatoms. The molecular weight excluding hydrogens is 724 g/mol. The second-order valence-electron chi connectivity index (χ2n) is 15.4. The van der Waals surface area contributed by atoms with Crippen LogP contribution >= 0.6 is 0 Å². The van der Waals surface area contributed by atoms with Gasteiger partial charge in [-0.25, -0.2) is 9.59 Å². The molecule has 10 atom stereocenters. The first-order valence-electron chi connectivity index (χ1n) is 17.9. The van der Waals surface area contributed by atoms with E-state index in [0.717, 1.165) is 34.6 Å². The van der Waals surface area contributed by atoms with Gasteiger partial charge in [-0.2, -0.15) is 0 Å². The van der Waals surface area contributed by atoms with Crippen molar-refractivity contribution < 1.29 is 76.6 Å². The zero-order valence-corrected chi connectivity index (χ0v) is 32.3. The molecule has 1 aliphatic heterocycles. The Morgan fingerprint density at radius 3 is 1.93 bits per heavy atom. The minimum atomic E-state index is -2.29. The molecule has 1 aromatic carbocycles. The van der Waals surface area contributed by atoms with Crippen LogP contribution in [0.1, 0.15) is 85.5 Å². The third-order valence-corrected chi connectivity index (χ3v) is 11.6. The summed E-state index contributed by atoms with van der Waals surface area (Å²) in [5, 5.41) is 13.6. The van der Waals surface area contributed by atoms with E-state index in [1.807, 2.05) is 0 Å². The number of carbonyl (C=O) groups excluding carboxylic acids is 7. The van der Waals surface area contributed by atoms with E-state index >= 15 is 0 Å². The molecule has 3 fully saturated rings. The van der Waals surface area contributed by atoms with Crippen molar-refractivity contribution in [3.8, 4) is 0 Å².